The Morgan fingerprint density at radius 2 is 1.60 bits per heavy atom. The summed E-state index contributed by atoms with van der Waals surface area (Å²) in [6.45, 7) is 0.235. The van der Waals surface area contributed by atoms with Crippen molar-refractivity contribution >= 4 is 40.4 Å². The van der Waals surface area contributed by atoms with Crippen LogP contribution in [0, 0.1) is 20.2 Å². The van der Waals surface area contributed by atoms with Gasteiger partial charge in [-0.2, -0.15) is 0 Å². The molecule has 2 amide bonds. The number of para-hydroxylation sites is 1. The number of thioether (sulfide) groups is 1. The second-order valence-corrected chi connectivity index (χ2v) is 8.37. The second kappa shape index (κ2) is 10.2. The van der Waals surface area contributed by atoms with Crippen molar-refractivity contribution < 1.29 is 24.2 Å². The fourth-order valence-corrected chi connectivity index (χ4v) is 4.23. The highest BCUT2D eigenvalue weighted by atomic mass is 32.2. The first-order valence-electron chi connectivity index (χ1n) is 10.3. The molecular weight excluding hydrogens is 474 g/mol. The van der Waals surface area contributed by atoms with Gasteiger partial charge in [0.1, 0.15) is 5.75 Å². The lowest BCUT2D eigenvalue weighted by atomic mass is 10.1. The van der Waals surface area contributed by atoms with Crippen molar-refractivity contribution in [3.8, 4) is 11.5 Å². The van der Waals surface area contributed by atoms with E-state index >= 15 is 0 Å². The number of nitro groups is 2. The summed E-state index contributed by atoms with van der Waals surface area (Å²) in [6.07, 6.45) is 2.01. The molecular formula is C24H17N3O7S. The molecule has 3 aromatic rings. The van der Waals surface area contributed by atoms with Crippen LogP contribution in [0.4, 0.5) is 16.2 Å². The zero-order chi connectivity index (χ0) is 24.9. The van der Waals surface area contributed by atoms with Crippen LogP contribution < -0.4 is 4.74 Å². The van der Waals surface area contributed by atoms with Gasteiger partial charge in [0.15, 0.2) is 0 Å². The van der Waals surface area contributed by atoms with Crippen molar-refractivity contribution in [2.24, 2.45) is 0 Å². The molecule has 11 heteroatoms. The van der Waals surface area contributed by atoms with Gasteiger partial charge in [-0.1, -0.05) is 48.5 Å². The number of ether oxygens (including phenoxy) is 1. The number of amides is 2. The minimum atomic E-state index is -0.775. The van der Waals surface area contributed by atoms with E-state index in [4.69, 9.17) is 4.74 Å². The molecule has 0 aromatic heterocycles. The largest absolute Gasteiger partial charge is 0.449 e. The van der Waals surface area contributed by atoms with E-state index < -0.39 is 27.1 Å². The standard InChI is InChI=1S/C24H17N3O7S/c28-23-22(35-24(29)25(23)13-12-16-6-2-1-3-7-16)14-17-8-4-5-9-20(17)34-21-11-10-18(26(30)31)15-19(21)27(32)33/h1-11,14-15H,12-13H2/b22-14+. The molecule has 0 saturated carbocycles. The highest BCUT2D eigenvalue weighted by Gasteiger charge is 2.35. The van der Waals surface area contributed by atoms with Crippen LogP contribution in [0.2, 0.25) is 0 Å². The molecule has 4 rings (SSSR count). The molecule has 0 atom stereocenters. The van der Waals surface area contributed by atoms with Crippen LogP contribution in [0.15, 0.2) is 77.7 Å². The van der Waals surface area contributed by atoms with Gasteiger partial charge in [-0.05, 0) is 42.0 Å². The van der Waals surface area contributed by atoms with Crippen molar-refractivity contribution in [2.45, 2.75) is 6.42 Å². The van der Waals surface area contributed by atoms with Gasteiger partial charge in [-0.15, -0.1) is 0 Å². The predicted molar refractivity (Wildman–Crippen MR) is 129 cm³/mol. The number of imide groups is 1. The molecule has 176 valence electrons. The third-order valence-corrected chi connectivity index (χ3v) is 6.02. The maximum Gasteiger partial charge on any atom is 0.318 e. The lowest BCUT2D eigenvalue weighted by molar-refractivity contribution is -0.394. The summed E-state index contributed by atoms with van der Waals surface area (Å²) in [5.74, 6) is -0.454. The topological polar surface area (TPSA) is 133 Å². The smallest absolute Gasteiger partial charge is 0.318 e. The molecule has 0 aliphatic carbocycles. The lowest BCUT2D eigenvalue weighted by Crippen LogP contribution is -2.30. The van der Waals surface area contributed by atoms with Gasteiger partial charge in [0.25, 0.3) is 16.8 Å². The lowest BCUT2D eigenvalue weighted by Gasteiger charge is -2.12. The molecule has 0 unspecified atom stereocenters. The van der Waals surface area contributed by atoms with Crippen molar-refractivity contribution in [2.75, 3.05) is 6.54 Å². The van der Waals surface area contributed by atoms with E-state index in [1.165, 1.54) is 17.0 Å². The number of hydrogen-bond donors (Lipinski definition) is 0. The summed E-state index contributed by atoms with van der Waals surface area (Å²) in [5, 5.41) is 22.0. The van der Waals surface area contributed by atoms with Crippen LogP contribution in [0.5, 0.6) is 11.5 Å². The molecule has 0 N–H and O–H groups in total. The van der Waals surface area contributed by atoms with E-state index in [1.54, 1.807) is 18.2 Å². The summed E-state index contributed by atoms with van der Waals surface area (Å²) in [4.78, 5) is 47.6. The average Bonchev–Trinajstić information content (AvgIpc) is 3.11. The SMILES string of the molecule is O=C1S/C(=C/c2ccccc2Oc2ccc([N+](=O)[O-])cc2[N+](=O)[O-])C(=O)N1CCc1ccccc1. The Hall–Kier alpha value is -4.51. The Morgan fingerprint density at radius 1 is 0.886 bits per heavy atom. The van der Waals surface area contributed by atoms with Gasteiger partial charge >= 0.3 is 5.69 Å². The number of carbonyl (C=O) groups is 2. The monoisotopic (exact) mass is 491 g/mol. The highest BCUT2D eigenvalue weighted by Crippen LogP contribution is 2.38. The molecule has 1 heterocycles. The van der Waals surface area contributed by atoms with Crippen LogP contribution in [0.1, 0.15) is 11.1 Å². The minimum Gasteiger partial charge on any atom is -0.449 e. The van der Waals surface area contributed by atoms with E-state index in [-0.39, 0.29) is 28.2 Å². The molecule has 0 spiro atoms. The molecule has 1 fully saturated rings. The quantitative estimate of drug-likeness (QED) is 0.227. The van der Waals surface area contributed by atoms with Crippen molar-refractivity contribution in [3.05, 3.63) is 109 Å². The normalized spacial score (nSPS) is 14.4. The van der Waals surface area contributed by atoms with Gasteiger partial charge in [0.05, 0.1) is 20.8 Å². The summed E-state index contributed by atoms with van der Waals surface area (Å²) in [7, 11) is 0. The fourth-order valence-electron chi connectivity index (χ4n) is 3.38. The van der Waals surface area contributed by atoms with E-state index in [1.807, 2.05) is 30.3 Å². The maximum atomic E-state index is 12.9. The van der Waals surface area contributed by atoms with Gasteiger partial charge in [0, 0.05) is 18.2 Å². The van der Waals surface area contributed by atoms with Crippen LogP contribution in [-0.4, -0.2) is 32.4 Å². The molecule has 0 bridgehead atoms. The van der Waals surface area contributed by atoms with Crippen LogP contribution >= 0.6 is 11.8 Å². The van der Waals surface area contributed by atoms with E-state index in [9.17, 15) is 29.8 Å². The Balaban J connectivity index is 1.57. The van der Waals surface area contributed by atoms with Gasteiger partial charge in [0.2, 0.25) is 5.75 Å². The molecule has 1 aliphatic heterocycles. The van der Waals surface area contributed by atoms with Crippen LogP contribution in [0.3, 0.4) is 0 Å². The molecule has 3 aromatic carbocycles. The first kappa shape index (κ1) is 23.6. The van der Waals surface area contributed by atoms with Gasteiger partial charge < -0.3 is 4.74 Å². The summed E-state index contributed by atoms with van der Waals surface area (Å²) >= 11 is 0.800. The summed E-state index contributed by atoms with van der Waals surface area (Å²) in [5.41, 5.74) is 0.393. The summed E-state index contributed by atoms with van der Waals surface area (Å²) in [6, 6.07) is 19.0. The average molecular weight is 491 g/mol. The predicted octanol–water partition coefficient (Wildman–Crippen LogP) is 5.57. The van der Waals surface area contributed by atoms with Gasteiger partial charge in [-0.25, -0.2) is 0 Å². The van der Waals surface area contributed by atoms with Crippen LogP contribution in [-0.2, 0) is 11.2 Å². The maximum absolute atomic E-state index is 12.9. The van der Waals surface area contributed by atoms with E-state index in [2.05, 4.69) is 0 Å². The molecule has 0 radical (unpaired) electrons. The molecule has 1 aliphatic rings. The number of rotatable bonds is 8. The first-order valence-corrected chi connectivity index (χ1v) is 11.1. The number of nitro benzene ring substituents is 2. The Bertz CT molecular complexity index is 1360. The van der Waals surface area contributed by atoms with Crippen LogP contribution in [0.25, 0.3) is 6.08 Å². The Labute approximate surface area is 203 Å². The second-order valence-electron chi connectivity index (χ2n) is 7.38. The van der Waals surface area contributed by atoms with Crippen molar-refractivity contribution in [1.29, 1.82) is 0 Å². The Kier molecular flexibility index (Phi) is 6.88. The first-order chi connectivity index (χ1) is 16.8. The third-order valence-electron chi connectivity index (χ3n) is 5.12. The molecule has 35 heavy (non-hydrogen) atoms. The van der Waals surface area contributed by atoms with E-state index in [0.717, 1.165) is 35.5 Å². The molecule has 1 saturated heterocycles. The van der Waals surface area contributed by atoms with Gasteiger partial charge in [-0.3, -0.25) is 34.7 Å². The third kappa shape index (κ3) is 5.36. The molecule has 10 nitrogen and oxygen atoms in total. The number of hydrogen-bond acceptors (Lipinski definition) is 8. The highest BCUT2D eigenvalue weighted by molar-refractivity contribution is 8.18. The Morgan fingerprint density at radius 3 is 2.31 bits per heavy atom. The van der Waals surface area contributed by atoms with Crippen molar-refractivity contribution in [3.63, 3.8) is 0 Å². The zero-order valence-corrected chi connectivity index (χ0v) is 18.8. The zero-order valence-electron chi connectivity index (χ0n) is 18.0. The summed E-state index contributed by atoms with van der Waals surface area (Å²) < 4.78 is 5.71. The number of nitrogens with zero attached hydrogens (tertiary/aromatic N) is 3. The minimum absolute atomic E-state index is 0.181. The number of non-ortho nitro benzene ring substituents is 1. The van der Waals surface area contributed by atoms with Crippen molar-refractivity contribution in [1.82, 2.24) is 4.90 Å². The number of carbonyl (C=O) groups excluding carboxylic acids is 2. The fraction of sp³-hybridized carbons (Fsp3) is 0.0833. The number of benzene rings is 3. The van der Waals surface area contributed by atoms with E-state index in [0.29, 0.717) is 12.0 Å².